The zero-order valence-electron chi connectivity index (χ0n) is 16.9. The van der Waals surface area contributed by atoms with E-state index in [9.17, 15) is 10.2 Å². The second kappa shape index (κ2) is 10.1. The van der Waals surface area contributed by atoms with Gasteiger partial charge in [0.05, 0.1) is 0 Å². The van der Waals surface area contributed by atoms with Crippen molar-refractivity contribution in [3.63, 3.8) is 0 Å². The molecule has 0 saturated heterocycles. The monoisotopic (exact) mass is 318 g/mol. The van der Waals surface area contributed by atoms with Gasteiger partial charge in [-0.1, -0.05) is 43.1 Å². The largest absolute Gasteiger partial charge is 0.508 e. The Morgan fingerprint density at radius 2 is 1.74 bits per heavy atom. The highest BCUT2D eigenvalue weighted by Crippen LogP contribution is 2.30. The number of phenols is 2. The summed E-state index contributed by atoms with van der Waals surface area (Å²) in [4.78, 5) is 0. The van der Waals surface area contributed by atoms with Crippen LogP contribution < -0.4 is 0 Å². The van der Waals surface area contributed by atoms with E-state index >= 15 is 0 Å². The lowest BCUT2D eigenvalue weighted by Crippen LogP contribution is -1.91. The third kappa shape index (κ3) is 7.40. The third-order valence-electron chi connectivity index (χ3n) is 3.78. The number of benzene rings is 1. The van der Waals surface area contributed by atoms with Gasteiger partial charge >= 0.3 is 0 Å². The van der Waals surface area contributed by atoms with Crippen molar-refractivity contribution in [1.29, 1.82) is 0 Å². The molecule has 0 spiro atoms. The van der Waals surface area contributed by atoms with Crippen molar-refractivity contribution in [2.45, 2.75) is 72.6 Å². The molecule has 1 rings (SSSR count). The predicted molar refractivity (Wildman–Crippen MR) is 99.1 cm³/mol. The van der Waals surface area contributed by atoms with Gasteiger partial charge in [0.2, 0.25) is 0 Å². The fourth-order valence-corrected chi connectivity index (χ4v) is 2.40. The first kappa shape index (κ1) is 16.2. The summed E-state index contributed by atoms with van der Waals surface area (Å²) < 4.78 is 16.6. The number of aromatic hydroxyl groups is 2. The van der Waals surface area contributed by atoms with Crippen molar-refractivity contribution >= 4 is 0 Å². The maximum atomic E-state index is 10.3. The summed E-state index contributed by atoms with van der Waals surface area (Å²) in [5.74, 6) is -0.352. The maximum absolute atomic E-state index is 10.3. The number of unbranched alkanes of at least 4 members (excludes halogenated alkanes) is 2. The maximum Gasteiger partial charge on any atom is 0.123 e. The predicted octanol–water partition coefficient (Wildman–Crippen LogP) is 6.07. The Hall–Kier alpha value is -1.70. The summed E-state index contributed by atoms with van der Waals surface area (Å²) in [5, 5.41) is 20.6. The minimum atomic E-state index is -1.91. The number of aryl methyl sites for hydroxylation is 1. The van der Waals surface area contributed by atoms with Crippen molar-refractivity contribution < 1.29 is 13.0 Å². The minimum absolute atomic E-state index is 0.0479. The molecule has 1 aromatic carbocycles. The van der Waals surface area contributed by atoms with Crippen LogP contribution in [0.25, 0.3) is 0 Å². The van der Waals surface area contributed by atoms with Crippen molar-refractivity contribution in [1.82, 2.24) is 0 Å². The van der Waals surface area contributed by atoms with Gasteiger partial charge in [0.15, 0.2) is 0 Å². The first-order valence-corrected chi connectivity index (χ1v) is 8.54. The Morgan fingerprint density at radius 1 is 1.09 bits per heavy atom. The molecule has 0 bridgehead atoms. The van der Waals surface area contributed by atoms with Crippen LogP contribution in [0.15, 0.2) is 35.4 Å². The molecule has 0 saturated carbocycles. The molecule has 128 valence electrons. The molecule has 1 aromatic rings. The zero-order valence-corrected chi connectivity index (χ0v) is 14.9. The van der Waals surface area contributed by atoms with Crippen molar-refractivity contribution in [2.75, 3.05) is 0 Å². The lowest BCUT2D eigenvalue weighted by molar-refractivity contribution is 0.439. The molecule has 23 heavy (non-hydrogen) atoms. The van der Waals surface area contributed by atoms with Gasteiger partial charge in [0, 0.05) is 8.30 Å². The molecule has 0 unspecified atom stereocenters. The SMILES string of the molecule is [2H]C([2H])(/C=C(\C)CCC=C(C)C)c1c(O)cc(CCCCC)cc1O. The molecule has 0 aliphatic heterocycles. The molecular formula is C21H32O2. The second-order valence-corrected chi connectivity index (χ2v) is 6.42. The van der Waals surface area contributed by atoms with Gasteiger partial charge in [-0.15, -0.1) is 0 Å². The molecule has 0 radical (unpaired) electrons. The van der Waals surface area contributed by atoms with Gasteiger partial charge in [0.25, 0.3) is 0 Å². The highest BCUT2D eigenvalue weighted by Gasteiger charge is 2.09. The zero-order chi connectivity index (χ0) is 19.0. The summed E-state index contributed by atoms with van der Waals surface area (Å²) in [7, 11) is 0. The Labute approximate surface area is 144 Å². The number of hydrogen-bond acceptors (Lipinski definition) is 2. The van der Waals surface area contributed by atoms with Crippen LogP contribution in [-0.4, -0.2) is 10.2 Å². The van der Waals surface area contributed by atoms with E-state index in [-0.39, 0.29) is 17.1 Å². The average molecular weight is 318 g/mol. The number of allylic oxidation sites excluding steroid dienone is 4. The van der Waals surface area contributed by atoms with E-state index in [0.29, 0.717) is 0 Å². The lowest BCUT2D eigenvalue weighted by atomic mass is 10.0. The Kier molecular flexibility index (Phi) is 7.13. The third-order valence-corrected chi connectivity index (χ3v) is 3.78. The van der Waals surface area contributed by atoms with Crippen LogP contribution >= 0.6 is 0 Å². The Morgan fingerprint density at radius 3 is 2.30 bits per heavy atom. The molecule has 0 aliphatic carbocycles. The number of hydrogen-bond donors (Lipinski definition) is 2. The summed E-state index contributed by atoms with van der Waals surface area (Å²) in [6.45, 7) is 8.08. The van der Waals surface area contributed by atoms with Crippen LogP contribution in [0.2, 0.25) is 0 Å². The molecule has 0 aromatic heterocycles. The summed E-state index contributed by atoms with van der Waals surface area (Å²) in [6.07, 6.45) is 7.28. The van der Waals surface area contributed by atoms with E-state index in [1.165, 1.54) is 11.6 Å². The van der Waals surface area contributed by atoms with Crippen LogP contribution in [0.1, 0.15) is 73.7 Å². The van der Waals surface area contributed by atoms with E-state index in [1.807, 2.05) is 20.8 Å². The molecule has 2 N–H and O–H groups in total. The summed E-state index contributed by atoms with van der Waals surface area (Å²) in [6, 6.07) is 3.16. The standard InChI is InChI=1S/C21H32O2/c1-5-6-7-11-18-14-20(22)19(21(23)15-18)13-12-17(4)10-8-9-16(2)3/h9,12,14-15,22-23H,5-8,10-11,13H2,1-4H3/b17-12+/i13D2. The van der Waals surface area contributed by atoms with Gasteiger partial charge in [-0.05, 0) is 70.5 Å². The summed E-state index contributed by atoms with van der Waals surface area (Å²) >= 11 is 0. The lowest BCUT2D eigenvalue weighted by Gasteiger charge is -2.09. The molecule has 2 nitrogen and oxygen atoms in total. The molecule has 0 amide bonds. The molecule has 0 fully saturated rings. The van der Waals surface area contributed by atoms with Crippen LogP contribution in [0.5, 0.6) is 11.5 Å². The van der Waals surface area contributed by atoms with Gasteiger partial charge in [-0.25, -0.2) is 0 Å². The van der Waals surface area contributed by atoms with Gasteiger partial charge < -0.3 is 10.2 Å². The van der Waals surface area contributed by atoms with Gasteiger partial charge in [-0.3, -0.25) is 0 Å². The van der Waals surface area contributed by atoms with Crippen LogP contribution in [0.4, 0.5) is 0 Å². The first-order valence-electron chi connectivity index (χ1n) is 9.54. The fourth-order valence-electron chi connectivity index (χ4n) is 2.40. The van der Waals surface area contributed by atoms with E-state index in [2.05, 4.69) is 13.0 Å². The van der Waals surface area contributed by atoms with Crippen molar-refractivity contribution in [3.05, 3.63) is 46.6 Å². The smallest absolute Gasteiger partial charge is 0.123 e. The van der Waals surface area contributed by atoms with Crippen molar-refractivity contribution in [3.8, 4) is 11.5 Å². The fraction of sp³-hybridized carbons (Fsp3) is 0.524. The van der Waals surface area contributed by atoms with Crippen LogP contribution in [-0.2, 0) is 12.8 Å². The van der Waals surface area contributed by atoms with Crippen LogP contribution in [0, 0.1) is 0 Å². The molecule has 0 heterocycles. The Balaban J connectivity index is 2.98. The normalized spacial score (nSPS) is 13.5. The van der Waals surface area contributed by atoms with Crippen LogP contribution in [0.3, 0.4) is 0 Å². The highest BCUT2D eigenvalue weighted by molar-refractivity contribution is 5.47. The molecule has 2 heteroatoms. The van der Waals surface area contributed by atoms with E-state index in [4.69, 9.17) is 2.74 Å². The number of rotatable bonds is 9. The molecular weight excluding hydrogens is 284 g/mol. The highest BCUT2D eigenvalue weighted by atomic mass is 16.3. The minimum Gasteiger partial charge on any atom is -0.508 e. The second-order valence-electron chi connectivity index (χ2n) is 6.42. The Bertz CT molecular complexity index is 604. The van der Waals surface area contributed by atoms with Gasteiger partial charge in [-0.2, -0.15) is 0 Å². The van der Waals surface area contributed by atoms with E-state index in [0.717, 1.165) is 49.7 Å². The van der Waals surface area contributed by atoms with Gasteiger partial charge in [0.1, 0.15) is 11.5 Å². The summed E-state index contributed by atoms with van der Waals surface area (Å²) in [5.41, 5.74) is 2.93. The number of phenolic OH excluding ortho intramolecular Hbond substituents is 2. The van der Waals surface area contributed by atoms with Crippen molar-refractivity contribution in [2.24, 2.45) is 0 Å². The molecule has 0 atom stereocenters. The first-order chi connectivity index (χ1) is 11.7. The molecule has 0 aliphatic rings. The topological polar surface area (TPSA) is 40.5 Å². The average Bonchev–Trinajstić information content (AvgIpc) is 2.45. The van der Waals surface area contributed by atoms with E-state index in [1.54, 1.807) is 12.1 Å². The van der Waals surface area contributed by atoms with E-state index < -0.39 is 6.37 Å². The quantitative estimate of drug-likeness (QED) is 0.429.